The first-order valence-electron chi connectivity index (χ1n) is 9.79. The van der Waals surface area contributed by atoms with Crippen LogP contribution in [0.2, 0.25) is 0 Å². The van der Waals surface area contributed by atoms with Gasteiger partial charge in [0.1, 0.15) is 0 Å². The van der Waals surface area contributed by atoms with Gasteiger partial charge in [-0.25, -0.2) is 0 Å². The molecule has 0 aliphatic carbocycles. The Labute approximate surface area is 168 Å². The molecule has 0 fully saturated rings. The van der Waals surface area contributed by atoms with Gasteiger partial charge in [0, 0.05) is 30.3 Å². The van der Waals surface area contributed by atoms with Crippen LogP contribution in [-0.2, 0) is 0 Å². The maximum absolute atomic E-state index is 12.7. The number of amides is 3. The molecule has 0 saturated carbocycles. The van der Waals surface area contributed by atoms with Crippen molar-refractivity contribution < 1.29 is 23.9 Å². The van der Waals surface area contributed by atoms with Crippen LogP contribution in [-0.4, -0.2) is 42.4 Å². The quantitative estimate of drug-likeness (QED) is 0.785. The van der Waals surface area contributed by atoms with Crippen LogP contribution >= 0.6 is 0 Å². The van der Waals surface area contributed by atoms with Gasteiger partial charge in [0.25, 0.3) is 17.7 Å². The molecule has 0 radical (unpaired) electrons. The molecule has 2 heterocycles. The third-order valence-corrected chi connectivity index (χ3v) is 4.97. The lowest BCUT2D eigenvalue weighted by atomic mass is 10.1. The molecule has 0 spiro atoms. The second kappa shape index (κ2) is 7.95. The summed E-state index contributed by atoms with van der Waals surface area (Å²) < 4.78 is 11.2. The van der Waals surface area contributed by atoms with Gasteiger partial charge < -0.3 is 14.8 Å². The van der Waals surface area contributed by atoms with E-state index < -0.39 is 0 Å². The minimum absolute atomic E-state index is 0.275. The number of anilines is 1. The molecule has 29 heavy (non-hydrogen) atoms. The first-order valence-corrected chi connectivity index (χ1v) is 9.79. The minimum atomic E-state index is -0.366. The topological polar surface area (TPSA) is 84.9 Å². The van der Waals surface area contributed by atoms with Crippen LogP contribution in [0.5, 0.6) is 11.5 Å². The molecule has 2 aromatic carbocycles. The fraction of sp³-hybridized carbons (Fsp3) is 0.318. The lowest BCUT2D eigenvalue weighted by molar-refractivity contribution is 0.0652. The zero-order valence-corrected chi connectivity index (χ0v) is 16.2. The molecule has 150 valence electrons. The highest BCUT2D eigenvalue weighted by Crippen LogP contribution is 2.32. The second-order valence-electron chi connectivity index (χ2n) is 7.04. The van der Waals surface area contributed by atoms with Crippen molar-refractivity contribution in [3.8, 4) is 11.5 Å². The Morgan fingerprint density at radius 3 is 2.55 bits per heavy atom. The van der Waals surface area contributed by atoms with Gasteiger partial charge in [-0.2, -0.15) is 0 Å². The molecule has 0 aromatic heterocycles. The molecule has 7 heteroatoms. The normalized spacial score (nSPS) is 15.1. The van der Waals surface area contributed by atoms with Gasteiger partial charge in [-0.05, 0) is 36.8 Å². The number of benzene rings is 2. The maximum Gasteiger partial charge on any atom is 0.261 e. The van der Waals surface area contributed by atoms with Crippen molar-refractivity contribution in [1.29, 1.82) is 0 Å². The molecule has 7 nitrogen and oxygen atoms in total. The van der Waals surface area contributed by atoms with Gasteiger partial charge >= 0.3 is 0 Å². The van der Waals surface area contributed by atoms with Crippen LogP contribution in [0, 0.1) is 0 Å². The van der Waals surface area contributed by atoms with Gasteiger partial charge in [0.2, 0.25) is 0 Å². The second-order valence-corrected chi connectivity index (χ2v) is 7.04. The zero-order valence-electron chi connectivity index (χ0n) is 16.2. The van der Waals surface area contributed by atoms with Crippen molar-refractivity contribution in [1.82, 2.24) is 4.90 Å². The standard InChI is InChI=1S/C22H22N2O5/c1-2-3-9-24-21(26)16-7-5-14(12-17(16)22(24)27)20(25)23-15-6-8-18-19(13-15)29-11-4-10-28-18/h5-8,12-13H,2-4,9-11H2,1H3,(H,23,25). The molecule has 0 bridgehead atoms. The Bertz CT molecular complexity index is 985. The third-order valence-electron chi connectivity index (χ3n) is 4.97. The number of imide groups is 1. The van der Waals surface area contributed by atoms with E-state index in [0.29, 0.717) is 48.1 Å². The van der Waals surface area contributed by atoms with Crippen molar-refractivity contribution in [2.45, 2.75) is 26.2 Å². The summed E-state index contributed by atoms with van der Waals surface area (Å²) in [4.78, 5) is 39.0. The van der Waals surface area contributed by atoms with Crippen molar-refractivity contribution in [3.63, 3.8) is 0 Å². The minimum Gasteiger partial charge on any atom is -0.490 e. The van der Waals surface area contributed by atoms with E-state index in [-0.39, 0.29) is 23.3 Å². The molecule has 0 saturated heterocycles. The van der Waals surface area contributed by atoms with E-state index in [0.717, 1.165) is 19.3 Å². The number of hydrogen-bond donors (Lipinski definition) is 1. The van der Waals surface area contributed by atoms with Crippen LogP contribution in [0.15, 0.2) is 36.4 Å². The van der Waals surface area contributed by atoms with Gasteiger partial charge in [-0.3, -0.25) is 19.3 Å². The summed E-state index contributed by atoms with van der Waals surface area (Å²) in [7, 11) is 0. The fourth-order valence-electron chi connectivity index (χ4n) is 3.40. The number of ether oxygens (including phenoxy) is 2. The number of hydrogen-bond acceptors (Lipinski definition) is 5. The highest BCUT2D eigenvalue weighted by atomic mass is 16.5. The van der Waals surface area contributed by atoms with Crippen LogP contribution < -0.4 is 14.8 Å². The Hall–Kier alpha value is -3.35. The van der Waals surface area contributed by atoms with Crippen molar-refractivity contribution >= 4 is 23.4 Å². The number of fused-ring (bicyclic) bond motifs is 2. The van der Waals surface area contributed by atoms with Crippen LogP contribution in [0.25, 0.3) is 0 Å². The maximum atomic E-state index is 12.7. The Balaban J connectivity index is 1.53. The predicted molar refractivity (Wildman–Crippen MR) is 107 cm³/mol. The Morgan fingerprint density at radius 2 is 1.76 bits per heavy atom. The molecule has 2 aromatic rings. The van der Waals surface area contributed by atoms with Crippen molar-refractivity contribution in [3.05, 3.63) is 53.1 Å². The summed E-state index contributed by atoms with van der Waals surface area (Å²) in [5.74, 6) is 0.224. The Kier molecular flexibility index (Phi) is 5.20. The Morgan fingerprint density at radius 1 is 1.00 bits per heavy atom. The van der Waals surface area contributed by atoms with E-state index in [1.165, 1.54) is 11.0 Å². The number of carbonyl (C=O) groups excluding carboxylic acids is 3. The average molecular weight is 394 g/mol. The molecule has 4 rings (SSSR count). The predicted octanol–water partition coefficient (Wildman–Crippen LogP) is 3.50. The molecule has 0 atom stereocenters. The molecule has 0 unspecified atom stereocenters. The zero-order chi connectivity index (χ0) is 20.4. The van der Waals surface area contributed by atoms with Crippen LogP contribution in [0.1, 0.15) is 57.3 Å². The lowest BCUT2D eigenvalue weighted by Gasteiger charge is -2.12. The molecular weight excluding hydrogens is 372 g/mol. The van der Waals surface area contributed by atoms with E-state index in [4.69, 9.17) is 9.47 Å². The van der Waals surface area contributed by atoms with Gasteiger partial charge in [-0.1, -0.05) is 13.3 Å². The highest BCUT2D eigenvalue weighted by Gasteiger charge is 2.35. The number of carbonyl (C=O) groups is 3. The summed E-state index contributed by atoms with van der Waals surface area (Å²) in [5.41, 5.74) is 1.50. The van der Waals surface area contributed by atoms with Crippen molar-refractivity contribution in [2.24, 2.45) is 0 Å². The summed E-state index contributed by atoms with van der Waals surface area (Å²) in [6, 6.07) is 9.80. The van der Waals surface area contributed by atoms with E-state index in [1.807, 2.05) is 6.92 Å². The smallest absolute Gasteiger partial charge is 0.261 e. The number of rotatable bonds is 5. The van der Waals surface area contributed by atoms with E-state index >= 15 is 0 Å². The van der Waals surface area contributed by atoms with E-state index in [1.54, 1.807) is 30.3 Å². The van der Waals surface area contributed by atoms with E-state index in [2.05, 4.69) is 5.32 Å². The average Bonchev–Trinajstić information content (AvgIpc) is 2.88. The molecule has 2 aliphatic rings. The highest BCUT2D eigenvalue weighted by molar-refractivity contribution is 6.22. The van der Waals surface area contributed by atoms with Crippen LogP contribution in [0.4, 0.5) is 5.69 Å². The van der Waals surface area contributed by atoms with Crippen LogP contribution in [0.3, 0.4) is 0 Å². The van der Waals surface area contributed by atoms with Crippen molar-refractivity contribution in [2.75, 3.05) is 25.1 Å². The van der Waals surface area contributed by atoms with Gasteiger partial charge in [-0.15, -0.1) is 0 Å². The SMILES string of the molecule is CCCCN1C(=O)c2ccc(C(=O)Nc3ccc4c(c3)OCCCO4)cc2C1=O. The van der Waals surface area contributed by atoms with E-state index in [9.17, 15) is 14.4 Å². The summed E-state index contributed by atoms with van der Waals surface area (Å²) in [6.07, 6.45) is 2.44. The molecular formula is C22H22N2O5. The lowest BCUT2D eigenvalue weighted by Crippen LogP contribution is -2.30. The largest absolute Gasteiger partial charge is 0.490 e. The van der Waals surface area contributed by atoms with Gasteiger partial charge in [0.15, 0.2) is 11.5 Å². The molecule has 2 aliphatic heterocycles. The first-order chi connectivity index (χ1) is 14.1. The van der Waals surface area contributed by atoms with Gasteiger partial charge in [0.05, 0.1) is 24.3 Å². The fourth-order valence-corrected chi connectivity index (χ4v) is 3.40. The third kappa shape index (κ3) is 3.68. The molecule has 1 N–H and O–H groups in total. The number of nitrogens with one attached hydrogen (secondary N) is 1. The number of unbranched alkanes of at least 4 members (excludes halogenated alkanes) is 1. The summed E-state index contributed by atoms with van der Waals surface area (Å²) in [6.45, 7) is 3.54. The first kappa shape index (κ1) is 19.0. The monoisotopic (exact) mass is 394 g/mol. The molecule has 3 amide bonds. The summed E-state index contributed by atoms with van der Waals surface area (Å²) in [5, 5.41) is 2.81. The summed E-state index contributed by atoms with van der Waals surface area (Å²) >= 11 is 0. The number of nitrogens with zero attached hydrogens (tertiary/aromatic N) is 1.